The number of hydrogen-bond donors (Lipinski definition) is 1. The summed E-state index contributed by atoms with van der Waals surface area (Å²) in [5.74, 6) is 0. The second-order valence-electron chi connectivity index (χ2n) is 1.13. The summed E-state index contributed by atoms with van der Waals surface area (Å²) in [6, 6.07) is 0. The summed E-state index contributed by atoms with van der Waals surface area (Å²) in [5.41, 5.74) is 0. The van der Waals surface area contributed by atoms with Crippen LogP contribution in [0.4, 0.5) is 4.79 Å². The zero-order valence-corrected chi connectivity index (χ0v) is 5.68. The molecule has 5 nitrogen and oxygen atoms in total. The largest absolute Gasteiger partial charge is 0.558 e. The van der Waals surface area contributed by atoms with E-state index in [2.05, 4.69) is 9.84 Å². The van der Waals surface area contributed by atoms with Crippen molar-refractivity contribution in [3.63, 3.8) is 0 Å². The van der Waals surface area contributed by atoms with Gasteiger partial charge in [-0.3, -0.25) is 0 Å². The molecule has 1 N–H and O–H groups in total. The summed E-state index contributed by atoms with van der Waals surface area (Å²) in [7, 11) is -3.06. The molecule has 0 aromatic rings. The lowest BCUT2D eigenvalue weighted by Gasteiger charge is -1.92. The topological polar surface area (TPSA) is 78.5 Å². The summed E-state index contributed by atoms with van der Waals surface area (Å²) < 4.78 is 13.3. The molecular weight excluding hydrogens is 145 g/mol. The second kappa shape index (κ2) is 4.23. The molecule has 0 saturated carbocycles. The fourth-order valence-electron chi connectivity index (χ4n) is 0.244. The van der Waals surface area contributed by atoms with E-state index in [0.29, 0.717) is 6.54 Å². The molecule has 0 aromatic carbocycles. The highest BCUT2D eigenvalue weighted by molar-refractivity contribution is 7.31. The Bertz CT molecular complexity index is 125. The van der Waals surface area contributed by atoms with Crippen molar-refractivity contribution in [3.8, 4) is 0 Å². The van der Waals surface area contributed by atoms with Crippen molar-refractivity contribution in [1.29, 1.82) is 0 Å². The molecule has 52 valence electrons. The summed E-state index contributed by atoms with van der Waals surface area (Å²) in [6.07, 6.45) is -0.936. The van der Waals surface area contributed by atoms with Gasteiger partial charge < -0.3 is 10.2 Å². The molecule has 1 unspecified atom stereocenters. The van der Waals surface area contributed by atoms with E-state index in [4.69, 9.17) is 0 Å². The Kier molecular flexibility index (Phi) is 3.92. The van der Waals surface area contributed by atoms with Crippen LogP contribution in [-0.4, -0.2) is 12.6 Å². The Morgan fingerprint density at radius 2 is 2.44 bits per heavy atom. The fourth-order valence-corrected chi connectivity index (χ4v) is 0.444. The number of nitrogens with one attached hydrogen (secondary N) is 1. The van der Waals surface area contributed by atoms with Gasteiger partial charge in [0.05, 0.1) is 0 Å². The molecule has 6 heteroatoms. The van der Waals surface area contributed by atoms with Crippen molar-refractivity contribution < 1.29 is 18.8 Å². The van der Waals surface area contributed by atoms with Crippen LogP contribution in [0.2, 0.25) is 0 Å². The third-order valence-corrected chi connectivity index (χ3v) is 0.793. The van der Waals surface area contributed by atoms with Crippen molar-refractivity contribution in [3.05, 3.63) is 0 Å². The Hall–Kier alpha value is -0.670. The maximum Gasteiger partial charge on any atom is 0.544 e. The summed E-state index contributed by atoms with van der Waals surface area (Å²) >= 11 is 0. The Morgan fingerprint density at radius 3 is 2.78 bits per heavy atom. The first-order valence-corrected chi connectivity index (χ1v) is 3.36. The van der Waals surface area contributed by atoms with Gasteiger partial charge in [0.15, 0.2) is 0 Å². The molecule has 0 aliphatic carbocycles. The molecule has 0 aromatic heterocycles. The average Bonchev–Trinajstić information content (AvgIpc) is 1.63. The van der Waals surface area contributed by atoms with Crippen molar-refractivity contribution in [2.75, 3.05) is 6.54 Å². The molecule has 0 bridgehead atoms. The van der Waals surface area contributed by atoms with Gasteiger partial charge in [-0.15, -0.1) is 0 Å². The van der Waals surface area contributed by atoms with Gasteiger partial charge in [-0.2, -0.15) is 4.52 Å². The van der Waals surface area contributed by atoms with Gasteiger partial charge in [-0.1, -0.05) is 0 Å². The third-order valence-electron chi connectivity index (χ3n) is 0.479. The van der Waals surface area contributed by atoms with Crippen LogP contribution >= 0.6 is 8.25 Å². The zero-order chi connectivity index (χ0) is 7.28. The van der Waals surface area contributed by atoms with E-state index in [1.165, 1.54) is 0 Å². The maximum absolute atomic E-state index is 10.1. The first kappa shape index (κ1) is 8.33. The molecular formula is C3H6NO4P. The second-order valence-corrected chi connectivity index (χ2v) is 1.76. The molecule has 1 atom stereocenters. The Morgan fingerprint density at radius 1 is 1.89 bits per heavy atom. The molecule has 1 amide bonds. The molecule has 0 aliphatic rings. The lowest BCUT2D eigenvalue weighted by molar-refractivity contribution is -0.180. The predicted octanol–water partition coefficient (Wildman–Crippen LogP) is -0.250. The lowest BCUT2D eigenvalue weighted by atomic mass is 10.8. The minimum atomic E-state index is -3.06. The highest BCUT2D eigenvalue weighted by atomic mass is 31.1. The van der Waals surface area contributed by atoms with Gasteiger partial charge in [0.2, 0.25) is 0 Å². The summed E-state index contributed by atoms with van der Waals surface area (Å²) in [4.78, 5) is 19.8. The minimum Gasteiger partial charge on any atom is -0.558 e. The molecule has 0 radical (unpaired) electrons. The van der Waals surface area contributed by atoms with Gasteiger partial charge in [-0.25, -0.2) is 4.79 Å². The quantitative estimate of drug-likeness (QED) is 0.552. The molecule has 0 heterocycles. The van der Waals surface area contributed by atoms with E-state index in [-0.39, 0.29) is 0 Å². The highest BCUT2D eigenvalue weighted by Crippen LogP contribution is 2.07. The van der Waals surface area contributed by atoms with Gasteiger partial charge in [0.25, 0.3) is 0 Å². The van der Waals surface area contributed by atoms with Crippen molar-refractivity contribution in [2.45, 2.75) is 6.92 Å². The van der Waals surface area contributed by atoms with Crippen LogP contribution in [-0.2, 0) is 9.09 Å². The van der Waals surface area contributed by atoms with Crippen molar-refractivity contribution in [1.82, 2.24) is 5.32 Å². The maximum atomic E-state index is 10.1. The van der Waals surface area contributed by atoms with E-state index < -0.39 is 14.3 Å². The first-order chi connectivity index (χ1) is 4.16. The monoisotopic (exact) mass is 151 g/mol. The standard InChI is InChI=1S/C3H6NO4P/c1-2-4-3(5)8-9(6)7/h2H2,1H3,(H,4,5). The first-order valence-electron chi connectivity index (χ1n) is 2.27. The Balaban J connectivity index is 3.39. The van der Waals surface area contributed by atoms with E-state index in [1.54, 1.807) is 6.92 Å². The third kappa shape index (κ3) is 5.20. The number of carbonyl (C=O) groups excluding carboxylic acids is 1. The molecule has 9 heavy (non-hydrogen) atoms. The van der Waals surface area contributed by atoms with Crippen LogP contribution in [0.25, 0.3) is 0 Å². The number of amides is 1. The van der Waals surface area contributed by atoms with Crippen LogP contribution < -0.4 is 10.2 Å². The zero-order valence-electron chi connectivity index (χ0n) is 4.79. The van der Waals surface area contributed by atoms with Crippen LogP contribution in [0.15, 0.2) is 0 Å². The average molecular weight is 151 g/mol. The van der Waals surface area contributed by atoms with Crippen molar-refractivity contribution in [2.24, 2.45) is 0 Å². The SMILES string of the molecule is CCNC(=O)O[P+](=O)[O-]. The van der Waals surface area contributed by atoms with Gasteiger partial charge in [0.1, 0.15) is 0 Å². The molecule has 0 aliphatic heterocycles. The number of hydrogen-bond acceptors (Lipinski definition) is 4. The summed E-state index contributed by atoms with van der Waals surface area (Å²) in [6.45, 7) is 2.00. The molecule has 0 rings (SSSR count). The van der Waals surface area contributed by atoms with E-state index in [9.17, 15) is 14.3 Å². The van der Waals surface area contributed by atoms with E-state index >= 15 is 0 Å². The minimum absolute atomic E-state index is 0.349. The Labute approximate surface area is 53.0 Å². The molecule has 0 spiro atoms. The fraction of sp³-hybridized carbons (Fsp3) is 0.667. The lowest BCUT2D eigenvalue weighted by Crippen LogP contribution is -2.22. The van der Waals surface area contributed by atoms with Crippen molar-refractivity contribution >= 4 is 14.3 Å². The normalized spacial score (nSPS) is 10.2. The number of carbonyl (C=O) groups is 1. The van der Waals surface area contributed by atoms with Gasteiger partial charge in [0, 0.05) is 6.54 Å². The van der Waals surface area contributed by atoms with E-state index in [0.717, 1.165) is 0 Å². The highest BCUT2D eigenvalue weighted by Gasteiger charge is 2.09. The number of rotatable bonds is 2. The summed E-state index contributed by atoms with van der Waals surface area (Å²) in [5, 5.41) is 2.13. The smallest absolute Gasteiger partial charge is 0.544 e. The van der Waals surface area contributed by atoms with Crippen LogP contribution in [0.5, 0.6) is 0 Å². The van der Waals surface area contributed by atoms with Crippen LogP contribution in [0, 0.1) is 0 Å². The molecule has 0 fully saturated rings. The van der Waals surface area contributed by atoms with Gasteiger partial charge in [-0.05, 0) is 11.5 Å². The van der Waals surface area contributed by atoms with E-state index in [1.807, 2.05) is 0 Å². The molecule has 0 saturated heterocycles. The van der Waals surface area contributed by atoms with Crippen LogP contribution in [0.3, 0.4) is 0 Å². The van der Waals surface area contributed by atoms with Gasteiger partial charge >= 0.3 is 14.3 Å². The van der Waals surface area contributed by atoms with Crippen LogP contribution in [0.1, 0.15) is 6.92 Å². The predicted molar refractivity (Wildman–Crippen MR) is 27.8 cm³/mol.